The molecule has 8 heteroatoms. The summed E-state index contributed by atoms with van der Waals surface area (Å²) in [6.07, 6.45) is 1.91. The monoisotopic (exact) mass is 357 g/mol. The summed E-state index contributed by atoms with van der Waals surface area (Å²) in [5.74, 6) is -1.36. The summed E-state index contributed by atoms with van der Waals surface area (Å²) in [4.78, 5) is 61.5. The third kappa shape index (κ3) is 3.22. The minimum absolute atomic E-state index is 0.0222. The van der Waals surface area contributed by atoms with Crippen LogP contribution in [0.5, 0.6) is 0 Å². The number of carbonyl (C=O) groups excluding carboxylic acids is 5. The lowest BCUT2D eigenvalue weighted by molar-refractivity contribution is -0.136. The van der Waals surface area contributed by atoms with Crippen molar-refractivity contribution in [2.75, 3.05) is 25.0 Å². The van der Waals surface area contributed by atoms with Crippen molar-refractivity contribution >= 4 is 36.0 Å². The quantitative estimate of drug-likeness (QED) is 0.588. The number of hydrogen-bond acceptors (Lipinski definition) is 6. The number of benzene rings is 1. The number of hydrogen-bond donors (Lipinski definition) is 1. The number of amides is 3. The summed E-state index contributed by atoms with van der Waals surface area (Å²) in [5, 5.41) is 2.22. The molecule has 0 bridgehead atoms. The Morgan fingerprint density at radius 1 is 1.27 bits per heavy atom. The number of rotatable bonds is 5. The topological polar surface area (TPSA) is 104 Å². The SMILES string of the molecule is CN(C(=O)c1cc(N2CC(C=O)C2)ccc1C=O)C1CCC(=O)NC1=O. The Morgan fingerprint density at radius 3 is 2.62 bits per heavy atom. The van der Waals surface area contributed by atoms with Gasteiger partial charge in [-0.2, -0.15) is 0 Å². The first kappa shape index (κ1) is 17.8. The Hall–Kier alpha value is -3.03. The number of piperidine rings is 1. The van der Waals surface area contributed by atoms with Crippen LogP contribution < -0.4 is 10.2 Å². The Morgan fingerprint density at radius 2 is 2.00 bits per heavy atom. The van der Waals surface area contributed by atoms with Crippen LogP contribution in [0, 0.1) is 5.92 Å². The molecule has 0 aromatic heterocycles. The van der Waals surface area contributed by atoms with E-state index in [1.165, 1.54) is 11.9 Å². The molecule has 2 fully saturated rings. The van der Waals surface area contributed by atoms with Crippen molar-refractivity contribution in [2.45, 2.75) is 18.9 Å². The van der Waals surface area contributed by atoms with Crippen LogP contribution in [0.4, 0.5) is 5.69 Å². The van der Waals surface area contributed by atoms with Gasteiger partial charge in [0.15, 0.2) is 6.29 Å². The lowest BCUT2D eigenvalue weighted by Crippen LogP contribution is -2.53. The first-order valence-electron chi connectivity index (χ1n) is 8.35. The number of likely N-dealkylation sites (N-methyl/N-ethyl adjacent to an activating group) is 1. The van der Waals surface area contributed by atoms with Gasteiger partial charge in [0, 0.05) is 43.7 Å². The molecule has 2 aliphatic rings. The first-order valence-corrected chi connectivity index (χ1v) is 8.35. The minimum Gasteiger partial charge on any atom is -0.370 e. The average molecular weight is 357 g/mol. The standard InChI is InChI=1S/C18H19N3O5/c1-20(15-4-5-16(24)19-17(15)25)18(26)14-6-13(3-2-12(14)10-23)21-7-11(8-21)9-22/h2-3,6,9-11,15H,4-5,7-8H2,1H3,(H,19,24,25). The van der Waals surface area contributed by atoms with Gasteiger partial charge in [0.1, 0.15) is 12.3 Å². The predicted octanol–water partition coefficient (Wildman–Crippen LogP) is 0.0114. The molecule has 2 saturated heterocycles. The van der Waals surface area contributed by atoms with Crippen molar-refractivity contribution in [3.05, 3.63) is 29.3 Å². The maximum absolute atomic E-state index is 12.9. The summed E-state index contributed by atoms with van der Waals surface area (Å²) >= 11 is 0. The molecule has 0 spiro atoms. The van der Waals surface area contributed by atoms with Gasteiger partial charge < -0.3 is 14.6 Å². The molecule has 2 heterocycles. The fourth-order valence-corrected chi connectivity index (χ4v) is 3.22. The van der Waals surface area contributed by atoms with Crippen LogP contribution >= 0.6 is 0 Å². The normalized spacial score (nSPS) is 20.2. The lowest BCUT2D eigenvalue weighted by atomic mass is 9.98. The van der Waals surface area contributed by atoms with E-state index in [1.54, 1.807) is 18.2 Å². The van der Waals surface area contributed by atoms with E-state index < -0.39 is 17.9 Å². The highest BCUT2D eigenvalue weighted by Gasteiger charge is 2.34. The van der Waals surface area contributed by atoms with Gasteiger partial charge in [-0.1, -0.05) is 0 Å². The zero-order valence-corrected chi connectivity index (χ0v) is 14.3. The van der Waals surface area contributed by atoms with Crippen LogP contribution in [0.25, 0.3) is 0 Å². The molecule has 3 rings (SSSR count). The number of imide groups is 1. The van der Waals surface area contributed by atoms with E-state index in [-0.39, 0.29) is 35.8 Å². The second-order valence-electron chi connectivity index (χ2n) is 6.57. The molecule has 0 saturated carbocycles. The third-order valence-electron chi connectivity index (χ3n) is 4.86. The van der Waals surface area contributed by atoms with Crippen LogP contribution in [0.2, 0.25) is 0 Å². The van der Waals surface area contributed by atoms with Crippen LogP contribution in [0.15, 0.2) is 18.2 Å². The van der Waals surface area contributed by atoms with E-state index in [2.05, 4.69) is 5.32 Å². The second kappa shape index (κ2) is 7.07. The summed E-state index contributed by atoms with van der Waals surface area (Å²) in [7, 11) is 1.48. The fraction of sp³-hybridized carbons (Fsp3) is 0.389. The number of aldehydes is 2. The van der Waals surface area contributed by atoms with Crippen molar-refractivity contribution in [1.82, 2.24) is 10.2 Å². The van der Waals surface area contributed by atoms with Gasteiger partial charge in [0.2, 0.25) is 11.8 Å². The number of anilines is 1. The van der Waals surface area contributed by atoms with Gasteiger partial charge in [0.05, 0.1) is 5.56 Å². The molecule has 136 valence electrons. The average Bonchev–Trinajstić information content (AvgIpc) is 2.59. The number of nitrogens with zero attached hydrogens (tertiary/aromatic N) is 2. The zero-order chi connectivity index (χ0) is 18.8. The molecule has 1 atom stereocenters. The van der Waals surface area contributed by atoms with Crippen LogP contribution in [0.3, 0.4) is 0 Å². The Bertz CT molecular complexity index is 785. The highest BCUT2D eigenvalue weighted by atomic mass is 16.2. The van der Waals surface area contributed by atoms with Crippen LogP contribution in [-0.4, -0.2) is 61.4 Å². The Balaban J connectivity index is 1.83. The third-order valence-corrected chi connectivity index (χ3v) is 4.86. The van der Waals surface area contributed by atoms with Gasteiger partial charge in [-0.15, -0.1) is 0 Å². The van der Waals surface area contributed by atoms with E-state index in [9.17, 15) is 24.0 Å². The van der Waals surface area contributed by atoms with Crippen LogP contribution in [-0.2, 0) is 14.4 Å². The molecule has 0 radical (unpaired) electrons. The summed E-state index contributed by atoms with van der Waals surface area (Å²) < 4.78 is 0. The Labute approximate surface area is 150 Å². The Kier molecular flexibility index (Phi) is 4.83. The van der Waals surface area contributed by atoms with E-state index >= 15 is 0 Å². The molecule has 1 N–H and O–H groups in total. The molecule has 1 aromatic rings. The first-order chi connectivity index (χ1) is 12.4. The largest absolute Gasteiger partial charge is 0.370 e. The van der Waals surface area contributed by atoms with Gasteiger partial charge in [-0.25, -0.2) is 0 Å². The minimum atomic E-state index is -0.758. The molecular weight excluding hydrogens is 338 g/mol. The molecule has 3 amide bonds. The van der Waals surface area contributed by atoms with Crippen molar-refractivity contribution < 1.29 is 24.0 Å². The summed E-state index contributed by atoms with van der Waals surface area (Å²) in [5.41, 5.74) is 1.17. The highest BCUT2D eigenvalue weighted by Crippen LogP contribution is 2.27. The van der Waals surface area contributed by atoms with Crippen molar-refractivity contribution in [2.24, 2.45) is 5.92 Å². The zero-order valence-electron chi connectivity index (χ0n) is 14.3. The predicted molar refractivity (Wildman–Crippen MR) is 91.9 cm³/mol. The maximum Gasteiger partial charge on any atom is 0.255 e. The van der Waals surface area contributed by atoms with Crippen molar-refractivity contribution in [3.63, 3.8) is 0 Å². The van der Waals surface area contributed by atoms with E-state index in [4.69, 9.17) is 0 Å². The summed E-state index contributed by atoms with van der Waals surface area (Å²) in [6.45, 7) is 1.14. The molecular formula is C18H19N3O5. The van der Waals surface area contributed by atoms with Gasteiger partial charge in [-0.3, -0.25) is 24.5 Å². The van der Waals surface area contributed by atoms with Crippen molar-refractivity contribution in [3.8, 4) is 0 Å². The summed E-state index contributed by atoms with van der Waals surface area (Å²) in [6, 6.07) is 4.14. The second-order valence-corrected chi connectivity index (χ2v) is 6.57. The fourth-order valence-electron chi connectivity index (χ4n) is 3.22. The van der Waals surface area contributed by atoms with E-state index in [1.807, 2.05) is 4.90 Å². The van der Waals surface area contributed by atoms with Crippen molar-refractivity contribution in [1.29, 1.82) is 0 Å². The van der Waals surface area contributed by atoms with E-state index in [0.717, 1.165) is 12.0 Å². The molecule has 26 heavy (non-hydrogen) atoms. The van der Waals surface area contributed by atoms with Gasteiger partial charge >= 0.3 is 0 Å². The number of carbonyl (C=O) groups is 5. The van der Waals surface area contributed by atoms with Gasteiger partial charge in [0.25, 0.3) is 5.91 Å². The van der Waals surface area contributed by atoms with Gasteiger partial charge in [-0.05, 0) is 24.6 Å². The lowest BCUT2D eigenvalue weighted by Gasteiger charge is -2.38. The number of nitrogens with one attached hydrogen (secondary N) is 1. The molecule has 0 aliphatic carbocycles. The maximum atomic E-state index is 12.9. The molecule has 2 aliphatic heterocycles. The highest BCUT2D eigenvalue weighted by molar-refractivity contribution is 6.06. The van der Waals surface area contributed by atoms with Crippen LogP contribution in [0.1, 0.15) is 33.6 Å². The van der Waals surface area contributed by atoms with E-state index in [0.29, 0.717) is 19.4 Å². The molecule has 1 unspecified atom stereocenters. The molecule has 8 nitrogen and oxygen atoms in total. The molecule has 1 aromatic carbocycles. The smallest absolute Gasteiger partial charge is 0.255 e.